The number of hydrogen-bond acceptors (Lipinski definition) is 1. The summed E-state index contributed by atoms with van der Waals surface area (Å²) in [6.45, 7) is 2.15. The van der Waals surface area contributed by atoms with Gasteiger partial charge < -0.3 is 5.73 Å². The molecule has 0 saturated heterocycles. The highest BCUT2D eigenvalue weighted by atomic mass is 35.5. The molecule has 0 unspecified atom stereocenters. The molecule has 1 atom stereocenters. The van der Waals surface area contributed by atoms with Crippen molar-refractivity contribution in [1.29, 1.82) is 0 Å². The van der Waals surface area contributed by atoms with Crippen LogP contribution in [0.4, 0.5) is 4.39 Å². The second-order valence-corrected chi connectivity index (χ2v) is 3.62. The van der Waals surface area contributed by atoms with Crippen LogP contribution in [0.1, 0.15) is 44.2 Å². The Labute approximate surface area is 97.3 Å². The number of nitrogens with two attached hydrogens (primary N) is 1. The van der Waals surface area contributed by atoms with Crippen molar-refractivity contribution in [2.45, 2.75) is 38.6 Å². The van der Waals surface area contributed by atoms with Crippen molar-refractivity contribution in [3.05, 3.63) is 35.6 Å². The zero-order chi connectivity index (χ0) is 10.4. The summed E-state index contributed by atoms with van der Waals surface area (Å²) in [5.74, 6) is -0.184. The highest BCUT2D eigenvalue weighted by molar-refractivity contribution is 5.85. The van der Waals surface area contributed by atoms with E-state index in [1.807, 2.05) is 6.07 Å². The van der Waals surface area contributed by atoms with Gasteiger partial charge >= 0.3 is 0 Å². The maximum Gasteiger partial charge on any atom is 0.127 e. The van der Waals surface area contributed by atoms with Crippen molar-refractivity contribution >= 4 is 12.4 Å². The molecule has 3 heteroatoms. The molecular weight excluding hydrogens is 213 g/mol. The summed E-state index contributed by atoms with van der Waals surface area (Å²) < 4.78 is 13.3. The van der Waals surface area contributed by atoms with E-state index in [-0.39, 0.29) is 24.3 Å². The van der Waals surface area contributed by atoms with E-state index < -0.39 is 0 Å². The Morgan fingerprint density at radius 3 is 2.53 bits per heavy atom. The van der Waals surface area contributed by atoms with Crippen molar-refractivity contribution < 1.29 is 4.39 Å². The summed E-state index contributed by atoms with van der Waals surface area (Å²) in [6, 6.07) is 6.61. The Morgan fingerprint density at radius 2 is 1.93 bits per heavy atom. The van der Waals surface area contributed by atoms with E-state index in [9.17, 15) is 4.39 Å². The Kier molecular flexibility index (Phi) is 7.35. The van der Waals surface area contributed by atoms with Gasteiger partial charge in [0.2, 0.25) is 0 Å². The molecular formula is C12H19ClFN. The summed E-state index contributed by atoms with van der Waals surface area (Å²) in [5, 5.41) is 0. The average molecular weight is 232 g/mol. The summed E-state index contributed by atoms with van der Waals surface area (Å²) >= 11 is 0. The molecule has 0 aromatic heterocycles. The van der Waals surface area contributed by atoms with Crippen LogP contribution >= 0.6 is 12.4 Å². The van der Waals surface area contributed by atoms with Crippen LogP contribution in [0.25, 0.3) is 0 Å². The van der Waals surface area contributed by atoms with Gasteiger partial charge in [-0.3, -0.25) is 0 Å². The van der Waals surface area contributed by atoms with Gasteiger partial charge in [0.1, 0.15) is 5.82 Å². The number of hydrogen-bond donors (Lipinski definition) is 1. The van der Waals surface area contributed by atoms with Gasteiger partial charge in [-0.2, -0.15) is 0 Å². The van der Waals surface area contributed by atoms with Gasteiger partial charge in [0.05, 0.1) is 0 Å². The van der Waals surface area contributed by atoms with Crippen molar-refractivity contribution in [2.24, 2.45) is 5.73 Å². The molecule has 0 radical (unpaired) electrons. The van der Waals surface area contributed by atoms with Crippen molar-refractivity contribution in [3.8, 4) is 0 Å². The van der Waals surface area contributed by atoms with Gasteiger partial charge in [-0.05, 0) is 12.5 Å². The van der Waals surface area contributed by atoms with Crippen LogP contribution in [-0.2, 0) is 0 Å². The molecule has 2 N–H and O–H groups in total. The molecule has 0 aliphatic rings. The lowest BCUT2D eigenvalue weighted by Gasteiger charge is -2.12. The average Bonchev–Trinajstić information content (AvgIpc) is 2.18. The van der Waals surface area contributed by atoms with E-state index >= 15 is 0 Å². The van der Waals surface area contributed by atoms with Crippen LogP contribution < -0.4 is 5.73 Å². The first-order valence-electron chi connectivity index (χ1n) is 5.25. The normalized spacial score (nSPS) is 11.9. The quantitative estimate of drug-likeness (QED) is 0.766. The molecule has 1 aromatic rings. The van der Waals surface area contributed by atoms with E-state index in [1.165, 1.54) is 18.9 Å². The first-order chi connectivity index (χ1) is 6.75. The molecule has 0 heterocycles. The lowest BCUT2D eigenvalue weighted by atomic mass is 10.0. The van der Waals surface area contributed by atoms with Gasteiger partial charge in [0, 0.05) is 11.6 Å². The van der Waals surface area contributed by atoms with E-state index in [4.69, 9.17) is 5.73 Å². The lowest BCUT2D eigenvalue weighted by molar-refractivity contribution is 0.539. The summed E-state index contributed by atoms with van der Waals surface area (Å²) in [4.78, 5) is 0. The maximum atomic E-state index is 13.3. The van der Waals surface area contributed by atoms with Crippen LogP contribution in [0.5, 0.6) is 0 Å². The molecule has 86 valence electrons. The number of unbranched alkanes of at least 4 members (excludes halogenated alkanes) is 2. The third-order valence-corrected chi connectivity index (χ3v) is 2.42. The minimum absolute atomic E-state index is 0. The SMILES string of the molecule is CCCCC[C@@H](N)c1ccccc1F.Cl. The Morgan fingerprint density at radius 1 is 1.27 bits per heavy atom. The molecule has 0 amide bonds. The smallest absolute Gasteiger partial charge is 0.127 e. The molecule has 0 spiro atoms. The monoisotopic (exact) mass is 231 g/mol. The van der Waals surface area contributed by atoms with Crippen molar-refractivity contribution in [2.75, 3.05) is 0 Å². The predicted octanol–water partition coefficient (Wildman–Crippen LogP) is 3.83. The summed E-state index contributed by atoms with van der Waals surface area (Å²) in [5.41, 5.74) is 6.54. The second-order valence-electron chi connectivity index (χ2n) is 3.62. The largest absolute Gasteiger partial charge is 0.324 e. The molecule has 0 aliphatic carbocycles. The zero-order valence-corrected chi connectivity index (χ0v) is 9.90. The van der Waals surface area contributed by atoms with Crippen LogP contribution in [0.15, 0.2) is 24.3 Å². The minimum atomic E-state index is -0.184. The van der Waals surface area contributed by atoms with E-state index in [2.05, 4.69) is 6.92 Å². The molecule has 0 saturated carbocycles. The fourth-order valence-corrected chi connectivity index (χ4v) is 1.55. The third kappa shape index (κ3) is 4.63. The van der Waals surface area contributed by atoms with E-state index in [0.29, 0.717) is 5.56 Å². The third-order valence-electron chi connectivity index (χ3n) is 2.42. The molecule has 1 rings (SSSR count). The Bertz CT molecular complexity index is 278. The van der Waals surface area contributed by atoms with Crippen molar-refractivity contribution in [1.82, 2.24) is 0 Å². The first-order valence-corrected chi connectivity index (χ1v) is 5.25. The van der Waals surface area contributed by atoms with Crippen molar-refractivity contribution in [3.63, 3.8) is 0 Å². The second kappa shape index (κ2) is 7.66. The van der Waals surface area contributed by atoms with Gasteiger partial charge in [-0.15, -0.1) is 12.4 Å². The standard InChI is InChI=1S/C12H18FN.ClH/c1-2-3-4-9-12(14)10-7-5-6-8-11(10)13;/h5-8,12H,2-4,9,14H2,1H3;1H/t12-;/m1./s1. The van der Waals surface area contributed by atoms with Crippen LogP contribution in [-0.4, -0.2) is 0 Å². The fourth-order valence-electron chi connectivity index (χ4n) is 1.55. The number of halogens is 2. The topological polar surface area (TPSA) is 26.0 Å². The van der Waals surface area contributed by atoms with Gasteiger partial charge in [0.15, 0.2) is 0 Å². The van der Waals surface area contributed by atoms with Crippen LogP contribution in [0.2, 0.25) is 0 Å². The minimum Gasteiger partial charge on any atom is -0.324 e. The van der Waals surface area contributed by atoms with E-state index in [1.54, 1.807) is 12.1 Å². The number of benzene rings is 1. The summed E-state index contributed by atoms with van der Waals surface area (Å²) in [6.07, 6.45) is 4.28. The van der Waals surface area contributed by atoms with Gasteiger partial charge in [0.25, 0.3) is 0 Å². The summed E-state index contributed by atoms with van der Waals surface area (Å²) in [7, 11) is 0. The molecule has 1 nitrogen and oxygen atoms in total. The molecule has 15 heavy (non-hydrogen) atoms. The molecule has 0 fully saturated rings. The highest BCUT2D eigenvalue weighted by Crippen LogP contribution is 2.19. The Balaban J connectivity index is 0.00000196. The first kappa shape index (κ1) is 14.4. The van der Waals surface area contributed by atoms with Gasteiger partial charge in [-0.25, -0.2) is 4.39 Å². The van der Waals surface area contributed by atoms with Crippen LogP contribution in [0, 0.1) is 5.82 Å². The highest BCUT2D eigenvalue weighted by Gasteiger charge is 2.09. The fraction of sp³-hybridized carbons (Fsp3) is 0.500. The Hall–Kier alpha value is -0.600. The molecule has 1 aromatic carbocycles. The van der Waals surface area contributed by atoms with Gasteiger partial charge in [-0.1, -0.05) is 44.4 Å². The maximum absolute atomic E-state index is 13.3. The predicted molar refractivity (Wildman–Crippen MR) is 64.7 cm³/mol. The number of rotatable bonds is 5. The van der Waals surface area contributed by atoms with E-state index in [0.717, 1.165) is 12.8 Å². The molecule has 0 aliphatic heterocycles. The molecule has 0 bridgehead atoms. The van der Waals surface area contributed by atoms with Crippen LogP contribution in [0.3, 0.4) is 0 Å². The lowest BCUT2D eigenvalue weighted by Crippen LogP contribution is -2.11. The zero-order valence-electron chi connectivity index (χ0n) is 9.08.